The first-order valence-electron chi connectivity index (χ1n) is 10.1. The van der Waals surface area contributed by atoms with Crippen molar-refractivity contribution in [3.63, 3.8) is 0 Å². The van der Waals surface area contributed by atoms with Crippen LogP contribution < -0.4 is 10.2 Å². The Morgan fingerprint density at radius 2 is 1.68 bits per heavy atom. The molecule has 0 unspecified atom stereocenters. The Kier molecular flexibility index (Phi) is 4.80. The first kappa shape index (κ1) is 18.8. The van der Waals surface area contributed by atoms with E-state index in [1.165, 1.54) is 0 Å². The van der Waals surface area contributed by atoms with E-state index in [0.717, 1.165) is 50.7 Å². The Hall–Kier alpha value is -4.19. The highest BCUT2D eigenvalue weighted by molar-refractivity contribution is 5.83. The lowest BCUT2D eigenvalue weighted by Crippen LogP contribution is -2.07. The predicted octanol–water partition coefficient (Wildman–Crippen LogP) is 5.50. The average molecular weight is 406 g/mol. The van der Waals surface area contributed by atoms with Gasteiger partial charge in [0.15, 0.2) is 0 Å². The Morgan fingerprint density at radius 1 is 0.806 bits per heavy atom. The van der Waals surface area contributed by atoms with Gasteiger partial charge in [-0.3, -0.25) is 0 Å². The summed E-state index contributed by atoms with van der Waals surface area (Å²) in [6, 6.07) is 26.5. The zero-order valence-electron chi connectivity index (χ0n) is 17.4. The number of aromatic amines is 1. The monoisotopic (exact) mass is 406 g/mol. The predicted molar refractivity (Wildman–Crippen MR) is 127 cm³/mol. The minimum absolute atomic E-state index is 0.854. The zero-order valence-corrected chi connectivity index (χ0v) is 17.4. The summed E-state index contributed by atoms with van der Waals surface area (Å²) in [6.07, 6.45) is 1.68. The zero-order chi connectivity index (χ0) is 21.2. The second-order valence-corrected chi connectivity index (χ2v) is 7.57. The molecule has 0 aliphatic heterocycles. The third-order valence-corrected chi connectivity index (χ3v) is 5.16. The fourth-order valence-electron chi connectivity index (χ4n) is 3.50. The fourth-order valence-corrected chi connectivity index (χ4v) is 3.50. The number of rotatable bonds is 5. The number of nitrogens with one attached hydrogen (secondary N) is 2. The largest absolute Gasteiger partial charge is 0.378 e. The number of nitrogens with zero attached hydrogens (tertiary/aromatic N) is 4. The number of imidazole rings is 1. The number of H-pyrrole nitrogens is 1. The summed E-state index contributed by atoms with van der Waals surface area (Å²) in [4.78, 5) is 10.3. The number of benzene rings is 3. The van der Waals surface area contributed by atoms with Crippen molar-refractivity contribution in [3.05, 3.63) is 85.1 Å². The average Bonchev–Trinajstić information content (AvgIpc) is 3.24. The molecule has 6 nitrogen and oxygen atoms in total. The molecular formula is C25H22N6. The number of hydrogen-bond acceptors (Lipinski definition) is 5. The SMILES string of the molecule is CN(C)c1ccc2nc(-c3cccc(Nc4ccc(-c5cccnn5)cc4)c3)[nH]c2c1. The van der Waals surface area contributed by atoms with Crippen LogP contribution in [0.15, 0.2) is 85.1 Å². The van der Waals surface area contributed by atoms with Crippen molar-refractivity contribution in [2.45, 2.75) is 0 Å². The summed E-state index contributed by atoms with van der Waals surface area (Å²) in [5, 5.41) is 11.6. The van der Waals surface area contributed by atoms with Gasteiger partial charge in [-0.1, -0.05) is 24.3 Å². The fraction of sp³-hybridized carbons (Fsp3) is 0.0800. The summed E-state index contributed by atoms with van der Waals surface area (Å²) in [5.41, 5.74) is 8.05. The van der Waals surface area contributed by atoms with Crippen molar-refractivity contribution >= 4 is 28.1 Å². The van der Waals surface area contributed by atoms with Crippen molar-refractivity contribution < 1.29 is 0 Å². The molecule has 2 heterocycles. The van der Waals surface area contributed by atoms with E-state index < -0.39 is 0 Å². The number of fused-ring (bicyclic) bond motifs is 1. The minimum Gasteiger partial charge on any atom is -0.378 e. The van der Waals surface area contributed by atoms with Crippen LogP contribution in [0.25, 0.3) is 33.7 Å². The van der Waals surface area contributed by atoms with Gasteiger partial charge in [0.1, 0.15) is 5.82 Å². The number of hydrogen-bond donors (Lipinski definition) is 2. The van der Waals surface area contributed by atoms with Crippen molar-refractivity contribution in [2.24, 2.45) is 0 Å². The van der Waals surface area contributed by atoms with Gasteiger partial charge in [-0.2, -0.15) is 10.2 Å². The summed E-state index contributed by atoms with van der Waals surface area (Å²) < 4.78 is 0. The van der Waals surface area contributed by atoms with Crippen LogP contribution in [0.4, 0.5) is 17.1 Å². The Bertz CT molecular complexity index is 1320. The van der Waals surface area contributed by atoms with E-state index in [-0.39, 0.29) is 0 Å². The molecule has 3 aromatic carbocycles. The molecule has 0 saturated heterocycles. The summed E-state index contributed by atoms with van der Waals surface area (Å²) in [6.45, 7) is 0. The second-order valence-electron chi connectivity index (χ2n) is 7.57. The maximum absolute atomic E-state index is 4.76. The quantitative estimate of drug-likeness (QED) is 0.403. The summed E-state index contributed by atoms with van der Waals surface area (Å²) in [5.74, 6) is 0.854. The topological polar surface area (TPSA) is 69.7 Å². The third kappa shape index (κ3) is 3.96. The molecule has 2 aromatic heterocycles. The molecule has 0 spiro atoms. The van der Waals surface area contributed by atoms with Crippen molar-refractivity contribution in [1.82, 2.24) is 20.2 Å². The third-order valence-electron chi connectivity index (χ3n) is 5.16. The molecule has 152 valence electrons. The Labute approximate surface area is 180 Å². The molecule has 0 fully saturated rings. The highest BCUT2D eigenvalue weighted by Gasteiger charge is 2.08. The van der Waals surface area contributed by atoms with Crippen molar-refractivity contribution in [2.75, 3.05) is 24.3 Å². The Balaban J connectivity index is 1.38. The van der Waals surface area contributed by atoms with Crippen LogP contribution in [0.5, 0.6) is 0 Å². The van der Waals surface area contributed by atoms with E-state index in [4.69, 9.17) is 4.98 Å². The van der Waals surface area contributed by atoms with Gasteiger partial charge < -0.3 is 15.2 Å². The van der Waals surface area contributed by atoms with Gasteiger partial charge in [0.2, 0.25) is 0 Å². The number of anilines is 3. The lowest BCUT2D eigenvalue weighted by molar-refractivity contribution is 1.04. The van der Waals surface area contributed by atoms with E-state index in [1.807, 2.05) is 68.7 Å². The molecule has 5 rings (SSSR count). The van der Waals surface area contributed by atoms with E-state index in [9.17, 15) is 0 Å². The van der Waals surface area contributed by atoms with E-state index >= 15 is 0 Å². The molecule has 0 saturated carbocycles. The van der Waals surface area contributed by atoms with Crippen LogP contribution in [0.2, 0.25) is 0 Å². The van der Waals surface area contributed by atoms with Crippen LogP contribution in [0, 0.1) is 0 Å². The molecule has 6 heteroatoms. The van der Waals surface area contributed by atoms with Crippen LogP contribution in [0.1, 0.15) is 0 Å². The summed E-state index contributed by atoms with van der Waals surface area (Å²) in [7, 11) is 4.07. The first-order chi connectivity index (χ1) is 15.2. The van der Waals surface area contributed by atoms with Crippen molar-refractivity contribution in [1.29, 1.82) is 0 Å². The van der Waals surface area contributed by atoms with E-state index in [0.29, 0.717) is 0 Å². The van der Waals surface area contributed by atoms with Gasteiger partial charge in [0.05, 0.1) is 16.7 Å². The Morgan fingerprint density at radius 3 is 2.45 bits per heavy atom. The van der Waals surface area contributed by atoms with E-state index in [2.05, 4.69) is 49.7 Å². The molecule has 0 aliphatic carbocycles. The lowest BCUT2D eigenvalue weighted by atomic mass is 10.1. The molecule has 0 amide bonds. The molecular weight excluding hydrogens is 384 g/mol. The maximum atomic E-state index is 4.76. The molecule has 2 N–H and O–H groups in total. The molecule has 0 radical (unpaired) electrons. The molecule has 5 aromatic rings. The van der Waals surface area contributed by atoms with Crippen molar-refractivity contribution in [3.8, 4) is 22.6 Å². The van der Waals surface area contributed by atoms with Gasteiger partial charge in [0.25, 0.3) is 0 Å². The first-order valence-corrected chi connectivity index (χ1v) is 10.1. The molecule has 0 atom stereocenters. The molecule has 0 aliphatic rings. The van der Waals surface area contributed by atoms with Gasteiger partial charge in [-0.15, -0.1) is 0 Å². The number of aromatic nitrogens is 4. The van der Waals surface area contributed by atoms with Gasteiger partial charge in [-0.05, 0) is 54.6 Å². The van der Waals surface area contributed by atoms with Crippen LogP contribution in [0.3, 0.4) is 0 Å². The smallest absolute Gasteiger partial charge is 0.138 e. The molecule has 0 bridgehead atoms. The highest BCUT2D eigenvalue weighted by atomic mass is 15.1. The normalized spacial score (nSPS) is 10.9. The van der Waals surface area contributed by atoms with Crippen LogP contribution in [-0.4, -0.2) is 34.3 Å². The second kappa shape index (κ2) is 7.91. The van der Waals surface area contributed by atoms with Gasteiger partial charge in [0, 0.05) is 48.5 Å². The lowest BCUT2D eigenvalue weighted by Gasteiger charge is -2.11. The minimum atomic E-state index is 0.854. The highest BCUT2D eigenvalue weighted by Crippen LogP contribution is 2.27. The van der Waals surface area contributed by atoms with Crippen LogP contribution >= 0.6 is 0 Å². The maximum Gasteiger partial charge on any atom is 0.138 e. The molecule has 31 heavy (non-hydrogen) atoms. The van der Waals surface area contributed by atoms with Gasteiger partial charge in [-0.25, -0.2) is 4.98 Å². The van der Waals surface area contributed by atoms with E-state index in [1.54, 1.807) is 6.20 Å². The van der Waals surface area contributed by atoms with Crippen LogP contribution in [-0.2, 0) is 0 Å². The summed E-state index contributed by atoms with van der Waals surface area (Å²) >= 11 is 0. The van der Waals surface area contributed by atoms with Gasteiger partial charge >= 0.3 is 0 Å². The standard InChI is InChI=1S/C25H22N6/c1-31(2)21-12-13-23-24(16-21)29-25(28-23)18-5-3-6-20(15-18)27-19-10-8-17(9-11-19)22-7-4-14-26-30-22/h3-16,27H,1-2H3,(H,28,29).